The normalized spacial score (nSPS) is 11.9. The number of alkyl halides is 1. The smallest absolute Gasteiger partial charge is 0.336 e. The first-order chi connectivity index (χ1) is 7.86. The lowest BCUT2D eigenvalue weighted by Crippen LogP contribution is -2.14. The van der Waals surface area contributed by atoms with Crippen LogP contribution in [0.15, 0.2) is 18.2 Å². The third-order valence-electron chi connectivity index (χ3n) is 2.17. The minimum Gasteiger partial charge on any atom is -0.478 e. The zero-order valence-corrected chi connectivity index (χ0v) is 10.4. The standard InChI is InChI=1S/C11H9BrO5/c1-5(13)9(12)6-3-2-4-7(10(14)15)8(6)11(16)17/h2-4,9H,1H3,(H,14,15)(H,16,17). The molecule has 90 valence electrons. The monoisotopic (exact) mass is 300 g/mol. The second-order valence-electron chi connectivity index (χ2n) is 3.35. The molecule has 5 nitrogen and oxygen atoms in total. The van der Waals surface area contributed by atoms with Gasteiger partial charge in [0, 0.05) is 0 Å². The van der Waals surface area contributed by atoms with Crippen LogP contribution in [-0.2, 0) is 4.79 Å². The molecule has 0 saturated heterocycles. The molecule has 0 radical (unpaired) electrons. The van der Waals surface area contributed by atoms with Crippen molar-refractivity contribution < 1.29 is 24.6 Å². The van der Waals surface area contributed by atoms with Crippen LogP contribution in [0.5, 0.6) is 0 Å². The number of halogens is 1. The van der Waals surface area contributed by atoms with Crippen molar-refractivity contribution in [3.63, 3.8) is 0 Å². The highest BCUT2D eigenvalue weighted by molar-refractivity contribution is 9.09. The van der Waals surface area contributed by atoms with Crippen LogP contribution in [0.3, 0.4) is 0 Å². The molecule has 1 aromatic rings. The fourth-order valence-corrected chi connectivity index (χ4v) is 1.80. The number of benzene rings is 1. The molecular weight excluding hydrogens is 292 g/mol. The topological polar surface area (TPSA) is 91.7 Å². The molecule has 17 heavy (non-hydrogen) atoms. The summed E-state index contributed by atoms with van der Waals surface area (Å²) in [6.45, 7) is 1.29. The van der Waals surface area contributed by atoms with Crippen molar-refractivity contribution in [2.45, 2.75) is 11.8 Å². The van der Waals surface area contributed by atoms with Crippen LogP contribution in [0.1, 0.15) is 38.0 Å². The second kappa shape index (κ2) is 5.09. The summed E-state index contributed by atoms with van der Waals surface area (Å²) in [6, 6.07) is 4.01. The van der Waals surface area contributed by atoms with Crippen LogP contribution in [-0.4, -0.2) is 27.9 Å². The van der Waals surface area contributed by atoms with E-state index in [0.717, 1.165) is 0 Å². The van der Waals surface area contributed by atoms with Gasteiger partial charge in [-0.3, -0.25) is 4.79 Å². The van der Waals surface area contributed by atoms with Crippen LogP contribution in [0.4, 0.5) is 0 Å². The van der Waals surface area contributed by atoms with Gasteiger partial charge < -0.3 is 10.2 Å². The molecule has 6 heteroatoms. The number of carbonyl (C=O) groups excluding carboxylic acids is 1. The molecule has 0 aliphatic carbocycles. The maximum absolute atomic E-state index is 11.2. The van der Waals surface area contributed by atoms with E-state index >= 15 is 0 Å². The van der Waals surface area contributed by atoms with E-state index in [1.54, 1.807) is 0 Å². The summed E-state index contributed by atoms with van der Waals surface area (Å²) < 4.78 is 0. The Bertz CT molecular complexity index is 495. The van der Waals surface area contributed by atoms with Gasteiger partial charge in [-0.2, -0.15) is 0 Å². The maximum Gasteiger partial charge on any atom is 0.336 e. The van der Waals surface area contributed by atoms with Crippen molar-refractivity contribution in [1.82, 2.24) is 0 Å². The molecule has 0 heterocycles. The highest BCUT2D eigenvalue weighted by Crippen LogP contribution is 2.29. The van der Waals surface area contributed by atoms with Gasteiger partial charge in [0.05, 0.1) is 16.0 Å². The lowest BCUT2D eigenvalue weighted by molar-refractivity contribution is -0.116. The third kappa shape index (κ3) is 2.71. The molecule has 0 saturated carbocycles. The van der Waals surface area contributed by atoms with Gasteiger partial charge in [-0.05, 0) is 18.6 Å². The molecule has 1 rings (SSSR count). The van der Waals surface area contributed by atoms with Crippen LogP contribution in [0, 0.1) is 0 Å². The molecule has 2 N–H and O–H groups in total. The van der Waals surface area contributed by atoms with Gasteiger partial charge in [0.15, 0.2) is 0 Å². The second-order valence-corrected chi connectivity index (χ2v) is 4.27. The predicted molar refractivity (Wildman–Crippen MR) is 62.7 cm³/mol. The largest absolute Gasteiger partial charge is 0.478 e. The van der Waals surface area contributed by atoms with Crippen molar-refractivity contribution in [3.8, 4) is 0 Å². The maximum atomic E-state index is 11.2. The first-order valence-electron chi connectivity index (χ1n) is 4.60. The quantitative estimate of drug-likeness (QED) is 0.831. The molecule has 0 aliphatic heterocycles. The number of ketones is 1. The van der Waals surface area contributed by atoms with Crippen LogP contribution in [0.2, 0.25) is 0 Å². The number of carboxylic acids is 2. The fourth-order valence-electron chi connectivity index (χ4n) is 1.42. The Kier molecular flexibility index (Phi) is 4.01. The van der Waals surface area contributed by atoms with Crippen LogP contribution < -0.4 is 0 Å². The summed E-state index contributed by atoms with van der Waals surface area (Å²) in [5.41, 5.74) is -0.553. The zero-order chi connectivity index (χ0) is 13.2. The molecule has 0 aliphatic rings. The Hall–Kier alpha value is -1.69. The summed E-state index contributed by atoms with van der Waals surface area (Å²) in [7, 11) is 0. The van der Waals surface area contributed by atoms with Crippen LogP contribution in [0.25, 0.3) is 0 Å². The minimum atomic E-state index is -1.37. The fraction of sp³-hybridized carbons (Fsp3) is 0.182. The van der Waals surface area contributed by atoms with Crippen molar-refractivity contribution in [1.29, 1.82) is 0 Å². The number of Topliss-reactive ketones (excluding diaryl/α,β-unsaturated/α-hetero) is 1. The van der Waals surface area contributed by atoms with E-state index in [0.29, 0.717) is 0 Å². The number of rotatable bonds is 4. The van der Waals surface area contributed by atoms with Crippen molar-refractivity contribution in [2.24, 2.45) is 0 Å². The average molecular weight is 301 g/mol. The first kappa shape index (κ1) is 13.4. The minimum absolute atomic E-state index is 0.143. The summed E-state index contributed by atoms with van der Waals surface area (Å²) in [5.74, 6) is -3.01. The molecular formula is C11H9BrO5. The van der Waals surface area contributed by atoms with Crippen molar-refractivity contribution >= 4 is 33.7 Å². The van der Waals surface area contributed by atoms with E-state index in [1.807, 2.05) is 0 Å². The number of hydrogen-bond acceptors (Lipinski definition) is 3. The van der Waals surface area contributed by atoms with Gasteiger partial charge in [-0.25, -0.2) is 9.59 Å². The number of carboxylic acid groups (broad SMARTS) is 2. The van der Waals surface area contributed by atoms with Gasteiger partial charge in [0.1, 0.15) is 5.78 Å². The molecule has 0 spiro atoms. The van der Waals surface area contributed by atoms with Crippen molar-refractivity contribution in [2.75, 3.05) is 0 Å². The van der Waals surface area contributed by atoms with Gasteiger partial charge in [-0.1, -0.05) is 28.1 Å². The highest BCUT2D eigenvalue weighted by atomic mass is 79.9. The number of aromatic carboxylic acids is 2. The lowest BCUT2D eigenvalue weighted by Gasteiger charge is -2.12. The lowest BCUT2D eigenvalue weighted by atomic mass is 9.97. The Labute approximate surface area is 105 Å². The van der Waals surface area contributed by atoms with Gasteiger partial charge in [0.25, 0.3) is 0 Å². The SMILES string of the molecule is CC(=O)C(Br)c1cccc(C(=O)O)c1C(=O)O. The Morgan fingerprint density at radius 2 is 1.76 bits per heavy atom. The van der Waals surface area contributed by atoms with E-state index in [-0.39, 0.29) is 22.5 Å². The van der Waals surface area contributed by atoms with Gasteiger partial charge >= 0.3 is 11.9 Å². The molecule has 1 aromatic carbocycles. The zero-order valence-electron chi connectivity index (χ0n) is 8.81. The van der Waals surface area contributed by atoms with Crippen LogP contribution >= 0.6 is 15.9 Å². The van der Waals surface area contributed by atoms with Gasteiger partial charge in [0.2, 0.25) is 0 Å². The molecule has 0 bridgehead atoms. The van der Waals surface area contributed by atoms with Gasteiger partial charge in [-0.15, -0.1) is 0 Å². The molecule has 0 amide bonds. The van der Waals surface area contributed by atoms with E-state index < -0.39 is 16.8 Å². The summed E-state index contributed by atoms with van der Waals surface area (Å²) in [4.78, 5) is 32.4. The Morgan fingerprint density at radius 3 is 2.18 bits per heavy atom. The third-order valence-corrected chi connectivity index (χ3v) is 3.31. The Balaban J connectivity index is 3.50. The van der Waals surface area contributed by atoms with E-state index in [4.69, 9.17) is 10.2 Å². The molecule has 1 atom stereocenters. The summed E-state index contributed by atoms with van der Waals surface area (Å²) in [6.07, 6.45) is 0. The number of carbonyl (C=O) groups is 3. The van der Waals surface area contributed by atoms with E-state index in [9.17, 15) is 14.4 Å². The number of hydrogen-bond donors (Lipinski definition) is 2. The molecule has 0 fully saturated rings. The van der Waals surface area contributed by atoms with E-state index in [2.05, 4.69) is 15.9 Å². The summed E-state index contributed by atoms with van der Waals surface area (Å²) >= 11 is 3.05. The van der Waals surface area contributed by atoms with E-state index in [1.165, 1.54) is 25.1 Å². The predicted octanol–water partition coefficient (Wildman–Crippen LogP) is 2.11. The van der Waals surface area contributed by atoms with Crippen molar-refractivity contribution in [3.05, 3.63) is 34.9 Å². The first-order valence-corrected chi connectivity index (χ1v) is 5.51. The highest BCUT2D eigenvalue weighted by Gasteiger charge is 2.25. The molecule has 0 aromatic heterocycles. The Morgan fingerprint density at radius 1 is 1.18 bits per heavy atom. The average Bonchev–Trinajstić information content (AvgIpc) is 2.26. The molecule has 1 unspecified atom stereocenters. The summed E-state index contributed by atoms with van der Waals surface area (Å²) in [5, 5.41) is 17.9.